The van der Waals surface area contributed by atoms with Crippen molar-refractivity contribution in [1.82, 2.24) is 5.32 Å². The van der Waals surface area contributed by atoms with Crippen LogP contribution in [0.5, 0.6) is 0 Å². The second-order valence-electron chi connectivity index (χ2n) is 5.80. The second kappa shape index (κ2) is 6.58. The summed E-state index contributed by atoms with van der Waals surface area (Å²) in [6.07, 6.45) is 0. The molecule has 0 aliphatic rings. The van der Waals surface area contributed by atoms with Gasteiger partial charge in [-0.25, -0.2) is 0 Å². The molecule has 0 atom stereocenters. The zero-order valence-corrected chi connectivity index (χ0v) is 12.6. The number of hydrogen-bond donors (Lipinski definition) is 2. The maximum atomic E-state index is 3.56. The number of nitrogens with one attached hydrogen (secondary N) is 2. The lowest BCUT2D eigenvalue weighted by molar-refractivity contribution is 0.469. The van der Waals surface area contributed by atoms with Crippen molar-refractivity contribution in [3.05, 3.63) is 65.7 Å². The minimum absolute atomic E-state index is 0.141. The minimum atomic E-state index is 0.141. The van der Waals surface area contributed by atoms with E-state index < -0.39 is 0 Å². The van der Waals surface area contributed by atoms with Crippen LogP contribution < -0.4 is 10.6 Å². The topological polar surface area (TPSA) is 24.1 Å². The predicted octanol–water partition coefficient (Wildman–Crippen LogP) is 3.80. The van der Waals surface area contributed by atoms with Gasteiger partial charge in [0.15, 0.2) is 0 Å². The summed E-state index contributed by atoms with van der Waals surface area (Å²) in [6, 6.07) is 19.2. The van der Waals surface area contributed by atoms with Gasteiger partial charge >= 0.3 is 0 Å². The monoisotopic (exact) mass is 268 g/mol. The van der Waals surface area contributed by atoms with Crippen molar-refractivity contribution in [2.75, 3.05) is 18.9 Å². The molecule has 2 aromatic rings. The summed E-state index contributed by atoms with van der Waals surface area (Å²) in [7, 11) is 1.95. The quantitative estimate of drug-likeness (QED) is 0.833. The molecule has 0 saturated heterocycles. The Bertz CT molecular complexity index is 532. The number of rotatable bonds is 6. The first-order chi connectivity index (χ1) is 9.62. The van der Waals surface area contributed by atoms with Crippen LogP contribution in [0.4, 0.5) is 5.69 Å². The summed E-state index contributed by atoms with van der Waals surface area (Å²) in [5.41, 5.74) is 3.98. The Kier molecular flexibility index (Phi) is 4.80. The van der Waals surface area contributed by atoms with Gasteiger partial charge < -0.3 is 10.6 Å². The van der Waals surface area contributed by atoms with Gasteiger partial charge in [0.2, 0.25) is 0 Å². The maximum absolute atomic E-state index is 3.56. The van der Waals surface area contributed by atoms with Crippen LogP contribution in [0.15, 0.2) is 54.6 Å². The summed E-state index contributed by atoms with van der Waals surface area (Å²) in [6.45, 7) is 6.41. The Hall–Kier alpha value is -1.80. The van der Waals surface area contributed by atoms with Crippen LogP contribution in [0.25, 0.3) is 0 Å². The third kappa shape index (κ3) is 3.84. The highest BCUT2D eigenvalue weighted by Crippen LogP contribution is 2.21. The largest absolute Gasteiger partial charge is 0.388 e. The Morgan fingerprint density at radius 2 is 1.70 bits per heavy atom. The van der Waals surface area contributed by atoms with Crippen molar-refractivity contribution >= 4 is 5.69 Å². The highest BCUT2D eigenvalue weighted by Gasteiger charge is 2.19. The van der Waals surface area contributed by atoms with E-state index in [0.717, 1.165) is 18.8 Å². The molecule has 0 aliphatic heterocycles. The molecule has 0 fully saturated rings. The number of hydrogen-bond acceptors (Lipinski definition) is 2. The molecule has 106 valence electrons. The molecule has 2 heteroatoms. The summed E-state index contributed by atoms with van der Waals surface area (Å²) in [5, 5.41) is 6.74. The highest BCUT2D eigenvalue weighted by atomic mass is 14.9. The highest BCUT2D eigenvalue weighted by molar-refractivity contribution is 5.44. The van der Waals surface area contributed by atoms with E-state index in [-0.39, 0.29) is 5.41 Å². The van der Waals surface area contributed by atoms with Crippen molar-refractivity contribution in [3.63, 3.8) is 0 Å². The van der Waals surface area contributed by atoms with E-state index in [1.54, 1.807) is 0 Å². The molecule has 0 saturated carbocycles. The fourth-order valence-electron chi connectivity index (χ4n) is 2.35. The van der Waals surface area contributed by atoms with E-state index in [4.69, 9.17) is 0 Å². The van der Waals surface area contributed by atoms with Crippen LogP contribution in [0.2, 0.25) is 0 Å². The first kappa shape index (κ1) is 14.6. The fourth-order valence-corrected chi connectivity index (χ4v) is 2.35. The Balaban J connectivity index is 1.92. The summed E-state index contributed by atoms with van der Waals surface area (Å²) in [4.78, 5) is 0. The number of anilines is 1. The van der Waals surface area contributed by atoms with Crippen LogP contribution in [0.3, 0.4) is 0 Å². The lowest BCUT2D eigenvalue weighted by Gasteiger charge is -2.25. The molecule has 20 heavy (non-hydrogen) atoms. The van der Waals surface area contributed by atoms with Crippen molar-refractivity contribution in [2.45, 2.75) is 25.8 Å². The Labute approximate surface area is 122 Å². The van der Waals surface area contributed by atoms with Crippen LogP contribution in [0.1, 0.15) is 25.0 Å². The zero-order chi connectivity index (χ0) is 14.4. The summed E-state index contributed by atoms with van der Waals surface area (Å²) >= 11 is 0. The average molecular weight is 268 g/mol. The van der Waals surface area contributed by atoms with Gasteiger partial charge in [-0.1, -0.05) is 56.3 Å². The Morgan fingerprint density at radius 1 is 0.950 bits per heavy atom. The molecule has 0 heterocycles. The second-order valence-corrected chi connectivity index (χ2v) is 5.80. The van der Waals surface area contributed by atoms with Crippen LogP contribution >= 0.6 is 0 Å². The van der Waals surface area contributed by atoms with Crippen molar-refractivity contribution in [2.24, 2.45) is 0 Å². The van der Waals surface area contributed by atoms with E-state index >= 15 is 0 Å². The van der Waals surface area contributed by atoms with Gasteiger partial charge in [-0.3, -0.25) is 0 Å². The van der Waals surface area contributed by atoms with E-state index in [9.17, 15) is 0 Å². The maximum Gasteiger partial charge on any atom is 0.0340 e. The molecule has 0 aromatic heterocycles. The van der Waals surface area contributed by atoms with E-state index in [2.05, 4.69) is 79.1 Å². The third-order valence-corrected chi connectivity index (χ3v) is 3.67. The minimum Gasteiger partial charge on any atom is -0.388 e. The van der Waals surface area contributed by atoms with Crippen molar-refractivity contribution < 1.29 is 0 Å². The lowest BCUT2D eigenvalue weighted by atomic mass is 9.84. The van der Waals surface area contributed by atoms with Crippen molar-refractivity contribution in [1.29, 1.82) is 0 Å². The molecule has 0 aliphatic carbocycles. The van der Waals surface area contributed by atoms with Crippen LogP contribution in [-0.2, 0) is 12.0 Å². The molecule has 0 radical (unpaired) electrons. The molecule has 0 spiro atoms. The number of benzene rings is 2. The van der Waals surface area contributed by atoms with Crippen LogP contribution in [0, 0.1) is 0 Å². The summed E-state index contributed by atoms with van der Waals surface area (Å²) in [5.74, 6) is 0. The van der Waals surface area contributed by atoms with E-state index in [1.807, 2.05) is 7.05 Å². The van der Waals surface area contributed by atoms with Gasteiger partial charge in [-0.15, -0.1) is 0 Å². The molecule has 0 unspecified atom stereocenters. The van der Waals surface area contributed by atoms with Gasteiger partial charge in [0, 0.05) is 31.2 Å². The van der Waals surface area contributed by atoms with Gasteiger partial charge in [-0.2, -0.15) is 0 Å². The average Bonchev–Trinajstić information content (AvgIpc) is 2.48. The third-order valence-electron chi connectivity index (χ3n) is 3.67. The van der Waals surface area contributed by atoms with Gasteiger partial charge in [-0.05, 0) is 23.3 Å². The Morgan fingerprint density at radius 3 is 2.40 bits per heavy atom. The molecule has 2 aromatic carbocycles. The summed E-state index contributed by atoms with van der Waals surface area (Å²) < 4.78 is 0. The first-order valence-electron chi connectivity index (χ1n) is 7.15. The molecular weight excluding hydrogens is 244 g/mol. The standard InChI is InChI=1S/C18H24N2/c1-18(2,16-9-5-4-6-10-16)14-20-13-15-8-7-11-17(12-15)19-3/h4-12,19-20H,13-14H2,1-3H3. The molecule has 2 nitrogen and oxygen atoms in total. The van der Waals surface area contributed by atoms with Gasteiger partial charge in [0.1, 0.15) is 0 Å². The molecule has 2 rings (SSSR count). The fraction of sp³-hybridized carbons (Fsp3) is 0.333. The van der Waals surface area contributed by atoms with E-state index in [1.165, 1.54) is 11.1 Å². The molecule has 0 bridgehead atoms. The normalized spacial score (nSPS) is 11.3. The molecular formula is C18H24N2. The van der Waals surface area contributed by atoms with Gasteiger partial charge in [0.25, 0.3) is 0 Å². The van der Waals surface area contributed by atoms with Gasteiger partial charge in [0.05, 0.1) is 0 Å². The lowest BCUT2D eigenvalue weighted by Crippen LogP contribution is -2.32. The zero-order valence-electron chi connectivity index (χ0n) is 12.6. The first-order valence-corrected chi connectivity index (χ1v) is 7.15. The molecule has 0 amide bonds. The van der Waals surface area contributed by atoms with Crippen molar-refractivity contribution in [3.8, 4) is 0 Å². The SMILES string of the molecule is CNc1cccc(CNCC(C)(C)c2ccccc2)c1. The smallest absolute Gasteiger partial charge is 0.0340 e. The molecule has 2 N–H and O–H groups in total. The van der Waals surface area contributed by atoms with Crippen LogP contribution in [-0.4, -0.2) is 13.6 Å². The predicted molar refractivity (Wildman–Crippen MR) is 87.2 cm³/mol. The van der Waals surface area contributed by atoms with E-state index in [0.29, 0.717) is 0 Å².